The van der Waals surface area contributed by atoms with E-state index in [4.69, 9.17) is 15.5 Å². The Morgan fingerprint density at radius 3 is 2.67 bits per heavy atom. The van der Waals surface area contributed by atoms with Gasteiger partial charge in [0, 0.05) is 5.39 Å². The third-order valence-electron chi connectivity index (χ3n) is 3.40. The van der Waals surface area contributed by atoms with Crippen molar-refractivity contribution in [1.29, 1.82) is 0 Å². The fraction of sp³-hybridized carbons (Fsp3) is 0.250. The minimum atomic E-state index is 0.300. The molecule has 3 rings (SSSR count). The smallest absolute Gasteiger partial charge is 0.148 e. The Morgan fingerprint density at radius 2 is 2.00 bits per heavy atom. The van der Waals surface area contributed by atoms with Crippen LogP contribution in [0.3, 0.4) is 0 Å². The zero-order chi connectivity index (χ0) is 15.0. The fourth-order valence-electron chi connectivity index (χ4n) is 2.36. The fourth-order valence-corrected chi connectivity index (χ4v) is 3.41. The standard InChI is InChI=1S/C16H17N3OS/c1-9(2)14-15(17)21-16(19-14)13-10-6-4-5-7-11(10)18-8-12(13)20-3/h4-9H,17H2,1-3H3. The van der Waals surface area contributed by atoms with Gasteiger partial charge in [0.25, 0.3) is 0 Å². The highest BCUT2D eigenvalue weighted by molar-refractivity contribution is 7.19. The maximum Gasteiger partial charge on any atom is 0.148 e. The Morgan fingerprint density at radius 1 is 1.24 bits per heavy atom. The van der Waals surface area contributed by atoms with Crippen LogP contribution in [0.5, 0.6) is 5.75 Å². The van der Waals surface area contributed by atoms with Crippen molar-refractivity contribution < 1.29 is 4.74 Å². The van der Waals surface area contributed by atoms with Crippen molar-refractivity contribution in [1.82, 2.24) is 9.97 Å². The van der Waals surface area contributed by atoms with Crippen LogP contribution in [-0.4, -0.2) is 17.1 Å². The highest BCUT2D eigenvalue weighted by atomic mass is 32.1. The van der Waals surface area contributed by atoms with E-state index in [9.17, 15) is 0 Å². The van der Waals surface area contributed by atoms with E-state index in [1.54, 1.807) is 13.3 Å². The summed E-state index contributed by atoms with van der Waals surface area (Å²) in [6.45, 7) is 4.19. The van der Waals surface area contributed by atoms with Crippen LogP contribution in [0.4, 0.5) is 5.00 Å². The first-order valence-electron chi connectivity index (χ1n) is 6.80. The van der Waals surface area contributed by atoms with Crippen molar-refractivity contribution in [3.05, 3.63) is 36.2 Å². The van der Waals surface area contributed by atoms with Gasteiger partial charge < -0.3 is 10.5 Å². The van der Waals surface area contributed by atoms with Gasteiger partial charge in [-0.05, 0) is 12.0 Å². The molecule has 0 aliphatic rings. The van der Waals surface area contributed by atoms with E-state index >= 15 is 0 Å². The summed E-state index contributed by atoms with van der Waals surface area (Å²) in [6.07, 6.45) is 1.74. The van der Waals surface area contributed by atoms with Crippen molar-refractivity contribution in [2.45, 2.75) is 19.8 Å². The van der Waals surface area contributed by atoms with Crippen LogP contribution in [0.25, 0.3) is 21.5 Å². The molecule has 0 atom stereocenters. The van der Waals surface area contributed by atoms with Gasteiger partial charge in [-0.1, -0.05) is 43.4 Å². The Balaban J connectivity index is 2.30. The number of anilines is 1. The van der Waals surface area contributed by atoms with Gasteiger partial charge in [0.15, 0.2) is 0 Å². The molecule has 0 spiro atoms. The van der Waals surface area contributed by atoms with E-state index in [1.807, 2.05) is 24.3 Å². The number of aromatic nitrogens is 2. The number of benzene rings is 1. The molecule has 0 bridgehead atoms. The Labute approximate surface area is 127 Å². The number of methoxy groups -OCH3 is 1. The lowest BCUT2D eigenvalue weighted by Gasteiger charge is -2.09. The van der Waals surface area contributed by atoms with Gasteiger partial charge in [0.2, 0.25) is 0 Å². The second-order valence-electron chi connectivity index (χ2n) is 5.14. The van der Waals surface area contributed by atoms with Gasteiger partial charge in [-0.15, -0.1) is 0 Å². The molecule has 0 saturated carbocycles. The van der Waals surface area contributed by atoms with Gasteiger partial charge in [-0.2, -0.15) is 0 Å². The zero-order valence-corrected chi connectivity index (χ0v) is 13.1. The van der Waals surface area contributed by atoms with Crippen LogP contribution in [0, 0.1) is 0 Å². The number of nitrogens with zero attached hydrogens (tertiary/aromatic N) is 2. The number of nitrogens with two attached hydrogens (primary N) is 1. The highest BCUT2D eigenvalue weighted by Gasteiger charge is 2.18. The summed E-state index contributed by atoms with van der Waals surface area (Å²) in [5.41, 5.74) is 8.95. The predicted octanol–water partition coefficient (Wildman–Crippen LogP) is 4.07. The molecule has 2 heterocycles. The average molecular weight is 299 g/mol. The van der Waals surface area contributed by atoms with Crippen LogP contribution in [0.15, 0.2) is 30.5 Å². The third-order valence-corrected chi connectivity index (χ3v) is 4.32. The Kier molecular flexibility index (Phi) is 3.51. The summed E-state index contributed by atoms with van der Waals surface area (Å²) in [6, 6.07) is 7.99. The largest absolute Gasteiger partial charge is 0.494 e. The molecule has 0 fully saturated rings. The second kappa shape index (κ2) is 5.33. The molecule has 108 valence electrons. The SMILES string of the molecule is COc1cnc2ccccc2c1-c1nc(C(C)C)c(N)s1. The summed E-state index contributed by atoms with van der Waals surface area (Å²) in [7, 11) is 1.65. The van der Waals surface area contributed by atoms with Gasteiger partial charge in [-0.3, -0.25) is 4.98 Å². The van der Waals surface area contributed by atoms with Gasteiger partial charge >= 0.3 is 0 Å². The number of pyridine rings is 1. The predicted molar refractivity (Wildman–Crippen MR) is 87.9 cm³/mol. The number of hydrogen-bond acceptors (Lipinski definition) is 5. The maximum atomic E-state index is 6.11. The van der Waals surface area contributed by atoms with E-state index < -0.39 is 0 Å². The van der Waals surface area contributed by atoms with Crippen molar-refractivity contribution in [3.63, 3.8) is 0 Å². The van der Waals surface area contributed by atoms with E-state index in [2.05, 4.69) is 18.8 Å². The van der Waals surface area contributed by atoms with E-state index in [0.717, 1.165) is 37.9 Å². The molecule has 1 aromatic carbocycles. The number of fused-ring (bicyclic) bond motifs is 1. The number of rotatable bonds is 3. The monoisotopic (exact) mass is 299 g/mol. The summed E-state index contributed by atoms with van der Waals surface area (Å²) < 4.78 is 5.48. The number of thiazole rings is 1. The third kappa shape index (κ3) is 2.34. The highest BCUT2D eigenvalue weighted by Crippen LogP contribution is 2.41. The molecular weight excluding hydrogens is 282 g/mol. The number of nitrogen functional groups attached to an aromatic ring is 1. The van der Waals surface area contributed by atoms with E-state index in [1.165, 1.54) is 11.3 Å². The van der Waals surface area contributed by atoms with E-state index in [-0.39, 0.29) is 0 Å². The molecule has 5 heteroatoms. The molecule has 0 aliphatic carbocycles. The van der Waals surface area contributed by atoms with Gasteiger partial charge in [0.05, 0.1) is 30.1 Å². The van der Waals surface area contributed by atoms with Crippen LogP contribution >= 0.6 is 11.3 Å². The van der Waals surface area contributed by atoms with E-state index in [0.29, 0.717) is 5.92 Å². The Bertz CT molecular complexity index is 795. The minimum absolute atomic E-state index is 0.300. The van der Waals surface area contributed by atoms with Crippen LogP contribution in [0.1, 0.15) is 25.5 Å². The summed E-state index contributed by atoms with van der Waals surface area (Å²) in [4.78, 5) is 9.15. The summed E-state index contributed by atoms with van der Waals surface area (Å²) in [5, 5.41) is 2.68. The Hall–Kier alpha value is -2.14. The first-order chi connectivity index (χ1) is 10.1. The van der Waals surface area contributed by atoms with Crippen LogP contribution in [0.2, 0.25) is 0 Å². The first-order valence-corrected chi connectivity index (χ1v) is 7.61. The molecule has 4 nitrogen and oxygen atoms in total. The summed E-state index contributed by atoms with van der Waals surface area (Å²) in [5.74, 6) is 1.02. The zero-order valence-electron chi connectivity index (χ0n) is 12.3. The molecule has 21 heavy (non-hydrogen) atoms. The van der Waals surface area contributed by atoms with Gasteiger partial charge in [0.1, 0.15) is 15.8 Å². The lowest BCUT2D eigenvalue weighted by atomic mass is 10.1. The molecule has 0 amide bonds. The molecule has 0 aliphatic heterocycles. The van der Waals surface area contributed by atoms with Crippen molar-refractivity contribution >= 4 is 27.2 Å². The molecule has 0 radical (unpaired) electrons. The normalized spacial score (nSPS) is 11.2. The molecule has 0 unspecified atom stereocenters. The number of ether oxygens (including phenoxy) is 1. The van der Waals surface area contributed by atoms with Crippen molar-refractivity contribution in [3.8, 4) is 16.3 Å². The van der Waals surface area contributed by atoms with Crippen molar-refractivity contribution in [2.75, 3.05) is 12.8 Å². The molecule has 2 aromatic heterocycles. The molecule has 0 saturated heterocycles. The molecule has 3 aromatic rings. The first kappa shape index (κ1) is 13.8. The number of hydrogen-bond donors (Lipinski definition) is 1. The lowest BCUT2D eigenvalue weighted by Crippen LogP contribution is -1.94. The second-order valence-corrected chi connectivity index (χ2v) is 6.17. The molecular formula is C16H17N3OS. The molecule has 2 N–H and O–H groups in total. The van der Waals surface area contributed by atoms with Crippen LogP contribution < -0.4 is 10.5 Å². The quantitative estimate of drug-likeness (QED) is 0.792. The lowest BCUT2D eigenvalue weighted by molar-refractivity contribution is 0.415. The maximum absolute atomic E-state index is 6.11. The number of para-hydroxylation sites is 1. The average Bonchev–Trinajstić information content (AvgIpc) is 2.87. The summed E-state index contributed by atoms with van der Waals surface area (Å²) >= 11 is 1.50. The topological polar surface area (TPSA) is 61.0 Å². The van der Waals surface area contributed by atoms with Crippen LogP contribution in [-0.2, 0) is 0 Å². The van der Waals surface area contributed by atoms with Gasteiger partial charge in [-0.25, -0.2) is 4.98 Å². The minimum Gasteiger partial charge on any atom is -0.494 e. The van der Waals surface area contributed by atoms with Crippen molar-refractivity contribution in [2.24, 2.45) is 0 Å².